The number of nitrogens with one attached hydrogen (secondary N) is 2. The van der Waals surface area contributed by atoms with E-state index < -0.39 is 11.9 Å². The zero-order valence-corrected chi connectivity index (χ0v) is 13.1. The summed E-state index contributed by atoms with van der Waals surface area (Å²) < 4.78 is 15.9. The molecule has 1 aliphatic rings. The number of carbonyl (C=O) groups excluding carboxylic acids is 2. The van der Waals surface area contributed by atoms with Crippen LogP contribution in [0, 0.1) is 0 Å². The fourth-order valence-electron chi connectivity index (χ4n) is 1.91. The molecule has 0 aromatic heterocycles. The number of aliphatic hydroxyl groups excluding tert-OH is 1. The van der Waals surface area contributed by atoms with E-state index in [-0.39, 0.29) is 12.3 Å². The molecule has 3 N–H and O–H groups in total. The van der Waals surface area contributed by atoms with Crippen molar-refractivity contribution in [2.24, 2.45) is 0 Å². The van der Waals surface area contributed by atoms with Crippen molar-refractivity contribution in [3.8, 4) is 5.75 Å². The molecule has 0 saturated carbocycles. The van der Waals surface area contributed by atoms with Crippen molar-refractivity contribution >= 4 is 18.0 Å². The largest absolute Gasteiger partial charge is 0.491 e. The van der Waals surface area contributed by atoms with Crippen LogP contribution in [0.25, 0.3) is 6.08 Å². The molecule has 8 nitrogen and oxygen atoms in total. The van der Waals surface area contributed by atoms with Gasteiger partial charge >= 0.3 is 6.03 Å². The van der Waals surface area contributed by atoms with E-state index in [0.29, 0.717) is 38.8 Å². The second-order valence-corrected chi connectivity index (χ2v) is 4.83. The Hall–Kier alpha value is -2.42. The lowest BCUT2D eigenvalue weighted by Crippen LogP contribution is -2.22. The lowest BCUT2D eigenvalue weighted by atomic mass is 10.2. The summed E-state index contributed by atoms with van der Waals surface area (Å²) in [6.07, 6.45) is 1.58. The Balaban J connectivity index is 1.68. The zero-order valence-electron chi connectivity index (χ0n) is 13.1. The lowest BCUT2D eigenvalue weighted by Gasteiger charge is -2.07. The maximum Gasteiger partial charge on any atom is 0.326 e. The summed E-state index contributed by atoms with van der Waals surface area (Å²) in [6, 6.07) is 6.58. The summed E-state index contributed by atoms with van der Waals surface area (Å²) in [6.45, 7) is 2.04. The molecule has 24 heavy (non-hydrogen) atoms. The first-order valence-electron chi connectivity index (χ1n) is 7.52. The van der Waals surface area contributed by atoms with Gasteiger partial charge in [0.1, 0.15) is 18.1 Å². The smallest absolute Gasteiger partial charge is 0.326 e. The van der Waals surface area contributed by atoms with Crippen molar-refractivity contribution in [2.75, 3.05) is 39.6 Å². The van der Waals surface area contributed by atoms with Gasteiger partial charge in [0, 0.05) is 0 Å². The molecule has 1 fully saturated rings. The zero-order chi connectivity index (χ0) is 17.2. The summed E-state index contributed by atoms with van der Waals surface area (Å²) in [5.41, 5.74) is 0.984. The number of hydrogen-bond acceptors (Lipinski definition) is 6. The fraction of sp³-hybridized carbons (Fsp3) is 0.375. The molecule has 2 rings (SSSR count). The molecule has 8 heteroatoms. The molecule has 1 heterocycles. The van der Waals surface area contributed by atoms with E-state index in [9.17, 15) is 9.59 Å². The third-order valence-corrected chi connectivity index (χ3v) is 3.02. The molecule has 0 aliphatic carbocycles. The second-order valence-electron chi connectivity index (χ2n) is 4.83. The summed E-state index contributed by atoms with van der Waals surface area (Å²) in [7, 11) is 0. The summed E-state index contributed by atoms with van der Waals surface area (Å²) in [5.74, 6) is 0.234. The minimum absolute atomic E-state index is 0.00678. The number of aliphatic hydroxyl groups is 1. The minimum atomic E-state index is -0.520. The first-order chi connectivity index (χ1) is 11.7. The van der Waals surface area contributed by atoms with Gasteiger partial charge in [0.05, 0.1) is 33.0 Å². The van der Waals surface area contributed by atoms with E-state index in [2.05, 4.69) is 10.6 Å². The van der Waals surface area contributed by atoms with Crippen molar-refractivity contribution in [2.45, 2.75) is 0 Å². The van der Waals surface area contributed by atoms with E-state index in [1.807, 2.05) is 0 Å². The van der Waals surface area contributed by atoms with Crippen LogP contribution >= 0.6 is 0 Å². The number of urea groups is 1. The van der Waals surface area contributed by atoms with Crippen molar-refractivity contribution in [1.29, 1.82) is 0 Å². The first-order valence-corrected chi connectivity index (χ1v) is 7.52. The summed E-state index contributed by atoms with van der Waals surface area (Å²) in [5, 5.41) is 13.1. The Morgan fingerprint density at radius 2 is 1.58 bits per heavy atom. The van der Waals surface area contributed by atoms with Crippen LogP contribution in [-0.4, -0.2) is 56.7 Å². The van der Waals surface area contributed by atoms with Gasteiger partial charge in [-0.25, -0.2) is 4.79 Å². The average Bonchev–Trinajstić information content (AvgIpc) is 2.89. The van der Waals surface area contributed by atoms with Gasteiger partial charge in [-0.2, -0.15) is 0 Å². The van der Waals surface area contributed by atoms with Crippen LogP contribution in [-0.2, 0) is 14.3 Å². The van der Waals surface area contributed by atoms with E-state index in [0.717, 1.165) is 5.56 Å². The molecular formula is C16H20N2O6. The normalized spacial score (nSPS) is 15.5. The highest BCUT2D eigenvalue weighted by molar-refractivity contribution is 6.13. The van der Waals surface area contributed by atoms with Gasteiger partial charge < -0.3 is 24.6 Å². The van der Waals surface area contributed by atoms with E-state index in [1.54, 1.807) is 30.3 Å². The molecule has 1 aromatic rings. The van der Waals surface area contributed by atoms with Gasteiger partial charge in [-0.1, -0.05) is 12.1 Å². The van der Waals surface area contributed by atoms with Crippen LogP contribution < -0.4 is 15.4 Å². The van der Waals surface area contributed by atoms with Gasteiger partial charge in [-0.05, 0) is 23.8 Å². The molecule has 0 radical (unpaired) electrons. The molecule has 1 saturated heterocycles. The van der Waals surface area contributed by atoms with Crippen LogP contribution in [0.5, 0.6) is 5.75 Å². The Bertz CT molecular complexity index is 585. The first kappa shape index (κ1) is 17.9. The predicted octanol–water partition coefficient (Wildman–Crippen LogP) is 0.271. The van der Waals surface area contributed by atoms with Gasteiger partial charge in [-0.15, -0.1) is 0 Å². The Kier molecular flexibility index (Phi) is 7.21. The van der Waals surface area contributed by atoms with Gasteiger partial charge in [-0.3, -0.25) is 10.1 Å². The number of imide groups is 1. The predicted molar refractivity (Wildman–Crippen MR) is 85.3 cm³/mol. The van der Waals surface area contributed by atoms with Gasteiger partial charge in [0.25, 0.3) is 5.91 Å². The highest BCUT2D eigenvalue weighted by atomic mass is 16.5. The van der Waals surface area contributed by atoms with Gasteiger partial charge in [0.15, 0.2) is 0 Å². The SMILES string of the molecule is O=C1NC(=O)C(=Cc2ccc(OCCOCCOCCO)cc2)N1. The van der Waals surface area contributed by atoms with Crippen LogP contribution in [0.2, 0.25) is 0 Å². The number of amides is 3. The molecule has 1 aliphatic heterocycles. The van der Waals surface area contributed by atoms with E-state index in [4.69, 9.17) is 19.3 Å². The molecule has 0 unspecified atom stereocenters. The van der Waals surface area contributed by atoms with Crippen LogP contribution in [0.1, 0.15) is 5.56 Å². The Morgan fingerprint density at radius 3 is 2.21 bits per heavy atom. The highest BCUT2D eigenvalue weighted by Crippen LogP contribution is 2.15. The topological polar surface area (TPSA) is 106 Å². The number of benzene rings is 1. The molecule has 1 aromatic carbocycles. The van der Waals surface area contributed by atoms with Crippen LogP contribution in [0.15, 0.2) is 30.0 Å². The molecule has 0 bridgehead atoms. The van der Waals surface area contributed by atoms with Crippen LogP contribution in [0.4, 0.5) is 4.79 Å². The fourth-order valence-corrected chi connectivity index (χ4v) is 1.91. The minimum Gasteiger partial charge on any atom is -0.491 e. The monoisotopic (exact) mass is 336 g/mol. The second kappa shape index (κ2) is 9.66. The number of hydrogen-bond donors (Lipinski definition) is 3. The Labute approximate surface area is 139 Å². The number of ether oxygens (including phenoxy) is 3. The van der Waals surface area contributed by atoms with Crippen molar-refractivity contribution < 1.29 is 28.9 Å². The number of carbonyl (C=O) groups is 2. The lowest BCUT2D eigenvalue weighted by molar-refractivity contribution is -0.115. The molecule has 0 spiro atoms. The van der Waals surface area contributed by atoms with E-state index in [1.165, 1.54) is 0 Å². The highest BCUT2D eigenvalue weighted by Gasteiger charge is 2.22. The quantitative estimate of drug-likeness (QED) is 0.322. The third-order valence-electron chi connectivity index (χ3n) is 3.02. The van der Waals surface area contributed by atoms with Crippen molar-refractivity contribution in [3.63, 3.8) is 0 Å². The average molecular weight is 336 g/mol. The molecule has 0 atom stereocenters. The maximum atomic E-state index is 11.4. The summed E-state index contributed by atoms with van der Waals surface area (Å²) in [4.78, 5) is 22.4. The summed E-state index contributed by atoms with van der Waals surface area (Å²) >= 11 is 0. The molecule has 130 valence electrons. The molecule has 3 amide bonds. The van der Waals surface area contributed by atoms with Crippen molar-refractivity contribution in [3.05, 3.63) is 35.5 Å². The third kappa shape index (κ3) is 5.99. The molecular weight excluding hydrogens is 316 g/mol. The van der Waals surface area contributed by atoms with Crippen molar-refractivity contribution in [1.82, 2.24) is 10.6 Å². The Morgan fingerprint density at radius 1 is 0.917 bits per heavy atom. The van der Waals surface area contributed by atoms with E-state index >= 15 is 0 Å². The maximum absolute atomic E-state index is 11.4. The van der Waals surface area contributed by atoms with Gasteiger partial charge in [0.2, 0.25) is 0 Å². The van der Waals surface area contributed by atoms with Crippen LogP contribution in [0.3, 0.4) is 0 Å². The number of rotatable bonds is 10. The standard InChI is InChI=1S/C16H20N2O6/c19-5-6-22-7-8-23-9-10-24-13-3-1-12(2-4-13)11-14-15(20)18-16(21)17-14/h1-4,11,19H,5-10H2,(H2,17,18,20,21).